The molecule has 0 saturated heterocycles. The number of halogens is 2. The van der Waals surface area contributed by atoms with Crippen molar-refractivity contribution in [2.75, 3.05) is 6.61 Å². The summed E-state index contributed by atoms with van der Waals surface area (Å²) in [6.45, 7) is 2.92. The number of nitrogens with one attached hydrogen (secondary N) is 1. The molecule has 0 aromatic carbocycles. The van der Waals surface area contributed by atoms with E-state index in [0.717, 1.165) is 14.8 Å². The van der Waals surface area contributed by atoms with Crippen LogP contribution < -0.4 is 5.32 Å². The van der Waals surface area contributed by atoms with Gasteiger partial charge in [-0.25, -0.2) is 0 Å². The van der Waals surface area contributed by atoms with E-state index in [1.807, 2.05) is 13.0 Å². The van der Waals surface area contributed by atoms with Gasteiger partial charge in [0.25, 0.3) is 0 Å². The van der Waals surface area contributed by atoms with Gasteiger partial charge < -0.3 is 10.4 Å². The molecular formula is C8H11Br2NOS. The van der Waals surface area contributed by atoms with Crippen LogP contribution in [0.2, 0.25) is 0 Å². The van der Waals surface area contributed by atoms with Crippen LogP contribution in [0.5, 0.6) is 0 Å². The Morgan fingerprint density at radius 3 is 2.77 bits per heavy atom. The second-order valence-corrected chi connectivity index (χ2v) is 6.16. The van der Waals surface area contributed by atoms with Crippen molar-refractivity contribution in [2.24, 2.45) is 0 Å². The molecule has 0 radical (unpaired) electrons. The van der Waals surface area contributed by atoms with Crippen molar-refractivity contribution in [1.29, 1.82) is 0 Å². The van der Waals surface area contributed by atoms with Gasteiger partial charge in [-0.15, -0.1) is 11.3 Å². The molecule has 2 nitrogen and oxygen atoms in total. The number of thiophene rings is 1. The molecule has 1 heterocycles. The molecule has 0 aliphatic carbocycles. The molecule has 0 aliphatic rings. The lowest BCUT2D eigenvalue weighted by Gasteiger charge is -2.09. The predicted octanol–water partition coefficient (Wildman–Crippen LogP) is 2.74. The molecule has 1 aromatic rings. The molecule has 0 fully saturated rings. The molecule has 0 amide bonds. The van der Waals surface area contributed by atoms with Crippen molar-refractivity contribution in [3.05, 3.63) is 19.2 Å². The van der Waals surface area contributed by atoms with Crippen LogP contribution in [0.3, 0.4) is 0 Å². The van der Waals surface area contributed by atoms with Gasteiger partial charge in [0.15, 0.2) is 0 Å². The van der Waals surface area contributed by atoms with E-state index in [-0.39, 0.29) is 12.6 Å². The summed E-state index contributed by atoms with van der Waals surface area (Å²) in [4.78, 5) is 1.24. The van der Waals surface area contributed by atoms with Crippen LogP contribution in [0.15, 0.2) is 14.3 Å². The largest absolute Gasteiger partial charge is 0.395 e. The number of rotatable bonds is 4. The average Bonchev–Trinajstić information content (AvgIpc) is 2.41. The van der Waals surface area contributed by atoms with Crippen LogP contribution in [0.25, 0.3) is 0 Å². The molecule has 1 atom stereocenters. The first-order valence-corrected chi connectivity index (χ1v) is 6.31. The Labute approximate surface area is 98.6 Å². The van der Waals surface area contributed by atoms with Gasteiger partial charge in [0.2, 0.25) is 0 Å². The number of hydrogen-bond donors (Lipinski definition) is 2. The zero-order chi connectivity index (χ0) is 9.84. The summed E-state index contributed by atoms with van der Waals surface area (Å²) in [7, 11) is 0. The SMILES string of the molecule is CC(CO)NCc1sc(Br)cc1Br. The fourth-order valence-electron chi connectivity index (χ4n) is 0.828. The minimum atomic E-state index is 0.146. The monoisotopic (exact) mass is 327 g/mol. The molecule has 74 valence electrons. The molecule has 0 bridgehead atoms. The van der Waals surface area contributed by atoms with Crippen LogP contribution in [-0.4, -0.2) is 17.8 Å². The molecule has 0 spiro atoms. The lowest BCUT2D eigenvalue weighted by molar-refractivity contribution is 0.251. The predicted molar refractivity (Wildman–Crippen MR) is 63.1 cm³/mol. The maximum atomic E-state index is 8.81. The Kier molecular flexibility index (Phi) is 4.89. The van der Waals surface area contributed by atoms with E-state index in [9.17, 15) is 0 Å². The van der Waals surface area contributed by atoms with Gasteiger partial charge in [-0.3, -0.25) is 0 Å². The molecule has 13 heavy (non-hydrogen) atoms. The Bertz CT molecular complexity index is 277. The third-order valence-electron chi connectivity index (χ3n) is 1.61. The Morgan fingerprint density at radius 1 is 1.62 bits per heavy atom. The Morgan fingerprint density at radius 2 is 2.31 bits per heavy atom. The normalized spacial score (nSPS) is 13.2. The third kappa shape index (κ3) is 3.67. The van der Waals surface area contributed by atoms with Gasteiger partial charge in [0.1, 0.15) is 0 Å². The number of aliphatic hydroxyl groups is 1. The molecule has 5 heteroatoms. The van der Waals surface area contributed by atoms with E-state index in [1.165, 1.54) is 4.88 Å². The topological polar surface area (TPSA) is 32.3 Å². The fourth-order valence-corrected chi connectivity index (χ4v) is 3.44. The summed E-state index contributed by atoms with van der Waals surface area (Å²) in [6, 6.07) is 2.18. The molecule has 0 saturated carbocycles. The van der Waals surface area contributed by atoms with Crippen LogP contribution in [-0.2, 0) is 6.54 Å². The lowest BCUT2D eigenvalue weighted by atomic mass is 10.3. The van der Waals surface area contributed by atoms with Gasteiger partial charge >= 0.3 is 0 Å². The van der Waals surface area contributed by atoms with E-state index in [0.29, 0.717) is 0 Å². The van der Waals surface area contributed by atoms with E-state index in [2.05, 4.69) is 37.2 Å². The van der Waals surface area contributed by atoms with Gasteiger partial charge in [-0.2, -0.15) is 0 Å². The van der Waals surface area contributed by atoms with Crippen LogP contribution >= 0.6 is 43.2 Å². The van der Waals surface area contributed by atoms with Crippen molar-refractivity contribution < 1.29 is 5.11 Å². The van der Waals surface area contributed by atoms with Gasteiger partial charge in [-0.05, 0) is 44.8 Å². The summed E-state index contributed by atoms with van der Waals surface area (Å²) in [5.41, 5.74) is 0. The van der Waals surface area contributed by atoms with Crippen molar-refractivity contribution in [1.82, 2.24) is 5.32 Å². The van der Waals surface area contributed by atoms with E-state index in [1.54, 1.807) is 11.3 Å². The van der Waals surface area contributed by atoms with Crippen molar-refractivity contribution in [2.45, 2.75) is 19.5 Å². The molecule has 0 aliphatic heterocycles. The minimum absolute atomic E-state index is 0.146. The van der Waals surface area contributed by atoms with Gasteiger partial charge in [0.05, 0.1) is 10.4 Å². The van der Waals surface area contributed by atoms with Crippen molar-refractivity contribution in [3.8, 4) is 0 Å². The summed E-state index contributed by atoms with van der Waals surface area (Å²) in [6.07, 6.45) is 0. The summed E-state index contributed by atoms with van der Waals surface area (Å²) in [5, 5.41) is 12.0. The van der Waals surface area contributed by atoms with E-state index in [4.69, 9.17) is 5.11 Å². The highest BCUT2D eigenvalue weighted by Gasteiger charge is 2.06. The maximum Gasteiger partial charge on any atom is 0.0713 e. The highest BCUT2D eigenvalue weighted by Crippen LogP contribution is 2.30. The fraction of sp³-hybridized carbons (Fsp3) is 0.500. The molecular weight excluding hydrogens is 318 g/mol. The highest BCUT2D eigenvalue weighted by molar-refractivity contribution is 9.11. The molecule has 2 N–H and O–H groups in total. The summed E-state index contributed by atoms with van der Waals surface area (Å²) in [5.74, 6) is 0. The van der Waals surface area contributed by atoms with Crippen molar-refractivity contribution >= 4 is 43.2 Å². The Hall–Kier alpha value is 0.580. The molecule has 1 unspecified atom stereocenters. The highest BCUT2D eigenvalue weighted by atomic mass is 79.9. The first kappa shape index (κ1) is 11.7. The van der Waals surface area contributed by atoms with Crippen molar-refractivity contribution in [3.63, 3.8) is 0 Å². The van der Waals surface area contributed by atoms with Gasteiger partial charge in [-0.1, -0.05) is 0 Å². The maximum absolute atomic E-state index is 8.81. The molecule has 1 rings (SSSR count). The van der Waals surface area contributed by atoms with Crippen LogP contribution in [0.1, 0.15) is 11.8 Å². The Balaban J connectivity index is 2.49. The van der Waals surface area contributed by atoms with E-state index >= 15 is 0 Å². The zero-order valence-corrected chi connectivity index (χ0v) is 11.2. The average molecular weight is 329 g/mol. The summed E-state index contributed by atoms with van der Waals surface area (Å²) >= 11 is 8.58. The minimum Gasteiger partial charge on any atom is -0.395 e. The third-order valence-corrected chi connectivity index (χ3v) is 4.22. The number of aliphatic hydroxyl groups excluding tert-OH is 1. The first-order chi connectivity index (χ1) is 6.13. The lowest BCUT2D eigenvalue weighted by Crippen LogP contribution is -2.28. The standard InChI is InChI=1S/C8H11Br2NOS/c1-5(4-12)11-3-7-6(9)2-8(10)13-7/h2,5,11-12H,3-4H2,1H3. The van der Waals surface area contributed by atoms with Gasteiger partial charge in [0, 0.05) is 21.9 Å². The second-order valence-electron chi connectivity index (χ2n) is 2.79. The van der Waals surface area contributed by atoms with Crippen LogP contribution in [0.4, 0.5) is 0 Å². The smallest absolute Gasteiger partial charge is 0.0713 e. The second kappa shape index (κ2) is 5.46. The van der Waals surface area contributed by atoms with E-state index < -0.39 is 0 Å². The number of hydrogen-bond acceptors (Lipinski definition) is 3. The quantitative estimate of drug-likeness (QED) is 0.890. The first-order valence-electron chi connectivity index (χ1n) is 3.91. The zero-order valence-electron chi connectivity index (χ0n) is 7.18. The molecule has 1 aromatic heterocycles. The summed E-state index contributed by atoms with van der Waals surface area (Å²) < 4.78 is 2.23. The van der Waals surface area contributed by atoms with Crippen LogP contribution in [0, 0.1) is 0 Å².